The van der Waals surface area contributed by atoms with Gasteiger partial charge in [0.25, 0.3) is 0 Å². The lowest BCUT2D eigenvalue weighted by Gasteiger charge is -2.14. The molecular weight excluding hydrogens is 208 g/mol. The quantitative estimate of drug-likeness (QED) is 0.833. The topological polar surface area (TPSA) is 55.8 Å². The second-order valence-electron chi connectivity index (χ2n) is 3.61. The Hall–Kier alpha value is -1.71. The largest absolute Gasteiger partial charge is 0.497 e. The van der Waals surface area contributed by atoms with E-state index in [1.165, 1.54) is 0 Å². The molecule has 1 N–H and O–H groups in total. The van der Waals surface area contributed by atoms with Crippen LogP contribution in [0.15, 0.2) is 18.2 Å². The Balaban J connectivity index is 2.98. The normalized spacial score (nSPS) is 11.9. The number of carbonyl (C=O) groups is 1. The van der Waals surface area contributed by atoms with Gasteiger partial charge in [-0.25, -0.2) is 0 Å². The number of benzene rings is 1. The third-order valence-electron chi connectivity index (χ3n) is 2.45. The van der Waals surface area contributed by atoms with Gasteiger partial charge in [0.05, 0.1) is 20.6 Å². The van der Waals surface area contributed by atoms with E-state index in [0.29, 0.717) is 11.5 Å². The number of hydrogen-bond donors (Lipinski definition) is 1. The molecule has 88 valence electrons. The highest BCUT2D eigenvalue weighted by Gasteiger charge is 2.15. The zero-order valence-electron chi connectivity index (χ0n) is 9.69. The molecule has 16 heavy (non-hydrogen) atoms. The predicted molar refractivity (Wildman–Crippen MR) is 60.2 cm³/mol. The van der Waals surface area contributed by atoms with Crippen molar-refractivity contribution in [2.24, 2.45) is 0 Å². The molecule has 0 aromatic heterocycles. The summed E-state index contributed by atoms with van der Waals surface area (Å²) in [4.78, 5) is 10.6. The second-order valence-corrected chi connectivity index (χ2v) is 3.61. The van der Waals surface area contributed by atoms with Crippen LogP contribution >= 0.6 is 0 Å². The van der Waals surface area contributed by atoms with Gasteiger partial charge in [-0.2, -0.15) is 0 Å². The van der Waals surface area contributed by atoms with Crippen molar-refractivity contribution >= 4 is 5.97 Å². The smallest absolute Gasteiger partial charge is 0.303 e. The van der Waals surface area contributed by atoms with Gasteiger partial charge in [-0.3, -0.25) is 4.79 Å². The van der Waals surface area contributed by atoms with Crippen LogP contribution in [-0.4, -0.2) is 25.3 Å². The number of ether oxygens (including phenoxy) is 2. The minimum Gasteiger partial charge on any atom is -0.497 e. The Kier molecular flexibility index (Phi) is 4.17. The van der Waals surface area contributed by atoms with Gasteiger partial charge in [0.2, 0.25) is 0 Å². The van der Waals surface area contributed by atoms with Crippen molar-refractivity contribution in [1.29, 1.82) is 0 Å². The van der Waals surface area contributed by atoms with Crippen molar-refractivity contribution in [3.63, 3.8) is 0 Å². The Morgan fingerprint density at radius 2 is 2.06 bits per heavy atom. The van der Waals surface area contributed by atoms with Crippen LogP contribution in [0.3, 0.4) is 0 Å². The minimum absolute atomic E-state index is 0.0849. The maximum absolute atomic E-state index is 10.6. The molecule has 0 heterocycles. The zero-order valence-corrected chi connectivity index (χ0v) is 9.69. The first kappa shape index (κ1) is 12.4. The van der Waals surface area contributed by atoms with E-state index >= 15 is 0 Å². The van der Waals surface area contributed by atoms with Gasteiger partial charge >= 0.3 is 5.97 Å². The Bertz CT molecular complexity index is 373. The standard InChI is InChI=1S/C12H16O4/c1-8(6-12(13)14)10-5-4-9(15-2)7-11(10)16-3/h4-5,7-8H,6H2,1-3H3,(H,13,14)/t8-/m1/s1. The average Bonchev–Trinajstić information content (AvgIpc) is 2.27. The molecule has 1 aromatic rings. The van der Waals surface area contributed by atoms with Crippen LogP contribution in [0.2, 0.25) is 0 Å². The number of hydrogen-bond acceptors (Lipinski definition) is 3. The molecule has 4 heteroatoms. The van der Waals surface area contributed by atoms with Gasteiger partial charge in [-0.1, -0.05) is 13.0 Å². The first-order valence-corrected chi connectivity index (χ1v) is 5.02. The maximum atomic E-state index is 10.6. The van der Waals surface area contributed by atoms with Gasteiger partial charge in [0, 0.05) is 6.07 Å². The fourth-order valence-electron chi connectivity index (χ4n) is 1.60. The molecule has 0 aliphatic heterocycles. The lowest BCUT2D eigenvalue weighted by molar-refractivity contribution is -0.137. The van der Waals surface area contributed by atoms with Crippen molar-refractivity contribution in [2.75, 3.05) is 14.2 Å². The van der Waals surface area contributed by atoms with E-state index in [-0.39, 0.29) is 12.3 Å². The summed E-state index contributed by atoms with van der Waals surface area (Å²) in [6, 6.07) is 5.40. The summed E-state index contributed by atoms with van der Waals surface area (Å²) in [7, 11) is 3.14. The number of carboxylic acid groups (broad SMARTS) is 1. The molecule has 0 saturated heterocycles. The summed E-state index contributed by atoms with van der Waals surface area (Å²) in [5.41, 5.74) is 0.880. The second kappa shape index (κ2) is 5.39. The highest BCUT2D eigenvalue weighted by atomic mass is 16.5. The summed E-state index contributed by atoms with van der Waals surface area (Å²) >= 11 is 0. The fraction of sp³-hybridized carbons (Fsp3) is 0.417. The molecule has 4 nitrogen and oxygen atoms in total. The maximum Gasteiger partial charge on any atom is 0.303 e. The molecule has 0 fully saturated rings. The van der Waals surface area contributed by atoms with E-state index in [0.717, 1.165) is 5.56 Å². The average molecular weight is 224 g/mol. The van der Waals surface area contributed by atoms with E-state index in [1.54, 1.807) is 26.4 Å². The van der Waals surface area contributed by atoms with E-state index < -0.39 is 5.97 Å². The van der Waals surface area contributed by atoms with Gasteiger partial charge < -0.3 is 14.6 Å². The highest BCUT2D eigenvalue weighted by molar-refractivity contribution is 5.68. The zero-order chi connectivity index (χ0) is 12.1. The van der Waals surface area contributed by atoms with Crippen LogP contribution in [0, 0.1) is 0 Å². The number of carboxylic acids is 1. The molecule has 1 aromatic carbocycles. The number of rotatable bonds is 5. The SMILES string of the molecule is COc1ccc([C@H](C)CC(=O)O)c(OC)c1. The lowest BCUT2D eigenvalue weighted by Crippen LogP contribution is -2.04. The first-order chi connectivity index (χ1) is 7.58. The molecule has 0 bridgehead atoms. The molecular formula is C12H16O4. The molecule has 1 rings (SSSR count). The van der Waals surface area contributed by atoms with Crippen LogP contribution < -0.4 is 9.47 Å². The van der Waals surface area contributed by atoms with Crippen molar-refractivity contribution < 1.29 is 19.4 Å². The van der Waals surface area contributed by atoms with Crippen LogP contribution in [0.5, 0.6) is 11.5 Å². The van der Waals surface area contributed by atoms with Crippen molar-refractivity contribution in [3.8, 4) is 11.5 Å². The third kappa shape index (κ3) is 2.89. The van der Waals surface area contributed by atoms with Crippen molar-refractivity contribution in [2.45, 2.75) is 19.3 Å². The van der Waals surface area contributed by atoms with E-state index in [1.807, 2.05) is 13.0 Å². The molecule has 0 amide bonds. The van der Waals surface area contributed by atoms with Gasteiger partial charge in [0.1, 0.15) is 11.5 Å². The lowest BCUT2D eigenvalue weighted by atomic mass is 9.97. The van der Waals surface area contributed by atoms with E-state index in [2.05, 4.69) is 0 Å². The fourth-order valence-corrected chi connectivity index (χ4v) is 1.60. The van der Waals surface area contributed by atoms with E-state index in [4.69, 9.17) is 14.6 Å². The number of aliphatic carboxylic acids is 1. The molecule has 0 spiro atoms. The monoisotopic (exact) mass is 224 g/mol. The number of methoxy groups -OCH3 is 2. The molecule has 1 atom stereocenters. The summed E-state index contributed by atoms with van der Waals surface area (Å²) < 4.78 is 10.3. The Morgan fingerprint density at radius 1 is 1.38 bits per heavy atom. The molecule has 0 saturated carbocycles. The Morgan fingerprint density at radius 3 is 2.56 bits per heavy atom. The summed E-state index contributed by atoms with van der Waals surface area (Å²) in [6.45, 7) is 1.86. The van der Waals surface area contributed by atoms with Crippen LogP contribution in [0.1, 0.15) is 24.8 Å². The van der Waals surface area contributed by atoms with Gasteiger partial charge in [-0.15, -0.1) is 0 Å². The van der Waals surface area contributed by atoms with Crippen molar-refractivity contribution in [1.82, 2.24) is 0 Å². The molecule has 0 radical (unpaired) electrons. The molecule has 0 aliphatic rings. The van der Waals surface area contributed by atoms with Crippen LogP contribution in [0.4, 0.5) is 0 Å². The summed E-state index contributed by atoms with van der Waals surface area (Å²) in [5.74, 6) is 0.458. The first-order valence-electron chi connectivity index (χ1n) is 5.02. The Labute approximate surface area is 94.8 Å². The van der Waals surface area contributed by atoms with E-state index in [9.17, 15) is 4.79 Å². The summed E-state index contributed by atoms with van der Waals surface area (Å²) in [5, 5.41) is 8.74. The highest BCUT2D eigenvalue weighted by Crippen LogP contribution is 2.31. The summed E-state index contributed by atoms with van der Waals surface area (Å²) in [6.07, 6.45) is 0.0860. The predicted octanol–water partition coefficient (Wildman–Crippen LogP) is 2.28. The molecule has 0 aliphatic carbocycles. The van der Waals surface area contributed by atoms with Crippen molar-refractivity contribution in [3.05, 3.63) is 23.8 Å². The minimum atomic E-state index is -0.814. The third-order valence-corrected chi connectivity index (χ3v) is 2.45. The van der Waals surface area contributed by atoms with Gasteiger partial charge in [0.15, 0.2) is 0 Å². The van der Waals surface area contributed by atoms with Crippen LogP contribution in [-0.2, 0) is 4.79 Å². The molecule has 0 unspecified atom stereocenters. The van der Waals surface area contributed by atoms with Gasteiger partial charge in [-0.05, 0) is 17.5 Å². The van der Waals surface area contributed by atoms with Crippen LogP contribution in [0.25, 0.3) is 0 Å².